The fourth-order valence-electron chi connectivity index (χ4n) is 2.64. The first-order valence-corrected chi connectivity index (χ1v) is 7.94. The SMILES string of the molecule is Cc1[nH]ncc1C(C)NCC(O)c1cc(Cl)c2c(c1)OCCO2. The number of aromatic amines is 1. The van der Waals surface area contributed by atoms with Crippen molar-refractivity contribution in [2.45, 2.75) is 26.0 Å². The molecule has 2 heterocycles. The number of nitrogens with one attached hydrogen (secondary N) is 2. The predicted molar refractivity (Wildman–Crippen MR) is 87.1 cm³/mol. The van der Waals surface area contributed by atoms with Gasteiger partial charge in [0.1, 0.15) is 13.2 Å². The Morgan fingerprint density at radius 2 is 2.17 bits per heavy atom. The van der Waals surface area contributed by atoms with Crippen LogP contribution in [0.1, 0.15) is 35.9 Å². The Bertz CT molecular complexity index is 689. The van der Waals surface area contributed by atoms with Gasteiger partial charge in [0.15, 0.2) is 11.5 Å². The predicted octanol–water partition coefficient (Wildman–Crippen LogP) is 2.53. The van der Waals surface area contributed by atoms with Crippen molar-refractivity contribution in [2.24, 2.45) is 0 Å². The summed E-state index contributed by atoms with van der Waals surface area (Å²) in [5.41, 5.74) is 2.79. The molecule has 0 saturated heterocycles. The number of rotatable bonds is 5. The molecule has 0 fully saturated rings. The van der Waals surface area contributed by atoms with Crippen LogP contribution in [0.25, 0.3) is 0 Å². The Morgan fingerprint density at radius 1 is 1.39 bits per heavy atom. The molecule has 2 unspecified atom stereocenters. The van der Waals surface area contributed by atoms with E-state index in [0.29, 0.717) is 41.8 Å². The third-order valence-electron chi connectivity index (χ3n) is 3.96. The minimum Gasteiger partial charge on any atom is -0.486 e. The lowest BCUT2D eigenvalue weighted by Gasteiger charge is -2.22. The van der Waals surface area contributed by atoms with E-state index in [9.17, 15) is 5.11 Å². The minimum absolute atomic E-state index is 0.0797. The molecule has 23 heavy (non-hydrogen) atoms. The van der Waals surface area contributed by atoms with Crippen molar-refractivity contribution >= 4 is 11.6 Å². The van der Waals surface area contributed by atoms with E-state index in [1.54, 1.807) is 18.3 Å². The van der Waals surface area contributed by atoms with Crippen LogP contribution in [-0.4, -0.2) is 35.1 Å². The molecule has 7 heteroatoms. The van der Waals surface area contributed by atoms with E-state index in [1.807, 2.05) is 13.8 Å². The molecule has 3 rings (SSSR count). The molecule has 2 aromatic rings. The summed E-state index contributed by atoms with van der Waals surface area (Å²) in [6.07, 6.45) is 1.10. The molecule has 0 saturated carbocycles. The van der Waals surface area contributed by atoms with Crippen LogP contribution in [0.4, 0.5) is 0 Å². The number of nitrogens with zero attached hydrogens (tertiary/aromatic N) is 1. The lowest BCUT2D eigenvalue weighted by atomic mass is 10.1. The second kappa shape index (κ2) is 6.78. The van der Waals surface area contributed by atoms with Crippen molar-refractivity contribution in [3.05, 3.63) is 40.2 Å². The van der Waals surface area contributed by atoms with Gasteiger partial charge in [-0.25, -0.2) is 0 Å². The van der Waals surface area contributed by atoms with Crippen molar-refractivity contribution in [3.8, 4) is 11.5 Å². The van der Waals surface area contributed by atoms with Crippen LogP contribution in [0.3, 0.4) is 0 Å². The lowest BCUT2D eigenvalue weighted by Crippen LogP contribution is -2.25. The van der Waals surface area contributed by atoms with Gasteiger partial charge in [-0.15, -0.1) is 0 Å². The third kappa shape index (κ3) is 3.44. The van der Waals surface area contributed by atoms with Crippen molar-refractivity contribution in [3.63, 3.8) is 0 Å². The molecule has 6 nitrogen and oxygen atoms in total. The topological polar surface area (TPSA) is 79.4 Å². The molecule has 0 spiro atoms. The van der Waals surface area contributed by atoms with Gasteiger partial charge in [-0.3, -0.25) is 5.10 Å². The summed E-state index contributed by atoms with van der Waals surface area (Å²) < 4.78 is 11.0. The first kappa shape index (κ1) is 16.1. The zero-order valence-electron chi connectivity index (χ0n) is 13.1. The average Bonchev–Trinajstić information content (AvgIpc) is 2.98. The first-order chi connectivity index (χ1) is 11.1. The second-order valence-electron chi connectivity index (χ2n) is 5.62. The highest BCUT2D eigenvalue weighted by molar-refractivity contribution is 6.32. The standard InChI is InChI=1S/C16H20ClN3O3/c1-9(12-7-19-20-10(12)2)18-8-14(21)11-5-13(17)16-15(6-11)22-3-4-23-16/h5-7,9,14,18,21H,3-4,8H2,1-2H3,(H,19,20). The van der Waals surface area contributed by atoms with Gasteiger partial charge in [-0.05, 0) is 31.5 Å². The highest BCUT2D eigenvalue weighted by Crippen LogP contribution is 2.39. The average molecular weight is 338 g/mol. The molecule has 0 bridgehead atoms. The van der Waals surface area contributed by atoms with Gasteiger partial charge in [0.25, 0.3) is 0 Å². The second-order valence-corrected chi connectivity index (χ2v) is 6.03. The van der Waals surface area contributed by atoms with Crippen molar-refractivity contribution in [1.29, 1.82) is 0 Å². The van der Waals surface area contributed by atoms with E-state index < -0.39 is 6.10 Å². The van der Waals surface area contributed by atoms with Crippen molar-refractivity contribution < 1.29 is 14.6 Å². The number of benzene rings is 1. The normalized spacial score (nSPS) is 16.2. The molecule has 0 aliphatic carbocycles. The first-order valence-electron chi connectivity index (χ1n) is 7.56. The number of aromatic nitrogens is 2. The van der Waals surface area contributed by atoms with Crippen LogP contribution < -0.4 is 14.8 Å². The van der Waals surface area contributed by atoms with Gasteiger partial charge in [0.05, 0.1) is 17.3 Å². The minimum atomic E-state index is -0.696. The smallest absolute Gasteiger partial charge is 0.179 e. The molecule has 1 aromatic heterocycles. The highest BCUT2D eigenvalue weighted by Gasteiger charge is 2.20. The van der Waals surface area contributed by atoms with Crippen LogP contribution in [-0.2, 0) is 0 Å². The van der Waals surface area contributed by atoms with E-state index in [4.69, 9.17) is 21.1 Å². The van der Waals surface area contributed by atoms with Gasteiger partial charge in [-0.2, -0.15) is 5.10 Å². The molecular formula is C16H20ClN3O3. The number of aryl methyl sites for hydroxylation is 1. The number of hydrogen-bond acceptors (Lipinski definition) is 5. The number of aliphatic hydroxyl groups excluding tert-OH is 1. The fraction of sp³-hybridized carbons (Fsp3) is 0.438. The van der Waals surface area contributed by atoms with Gasteiger partial charge in [-0.1, -0.05) is 11.6 Å². The molecule has 124 valence electrons. The van der Waals surface area contributed by atoms with Crippen LogP contribution in [0, 0.1) is 6.92 Å². The van der Waals surface area contributed by atoms with E-state index in [1.165, 1.54) is 0 Å². The number of aliphatic hydroxyl groups is 1. The summed E-state index contributed by atoms with van der Waals surface area (Å²) in [6.45, 7) is 5.36. The number of H-pyrrole nitrogens is 1. The number of fused-ring (bicyclic) bond motifs is 1. The summed E-state index contributed by atoms with van der Waals surface area (Å²) >= 11 is 6.21. The Kier molecular flexibility index (Phi) is 4.75. The zero-order chi connectivity index (χ0) is 16.4. The van der Waals surface area contributed by atoms with E-state index in [2.05, 4.69) is 15.5 Å². The summed E-state index contributed by atoms with van der Waals surface area (Å²) in [5.74, 6) is 1.13. The van der Waals surface area contributed by atoms with Crippen LogP contribution in [0.15, 0.2) is 18.3 Å². The lowest BCUT2D eigenvalue weighted by molar-refractivity contribution is 0.161. The Hall–Kier alpha value is -1.76. The van der Waals surface area contributed by atoms with Crippen LogP contribution in [0.5, 0.6) is 11.5 Å². The summed E-state index contributed by atoms with van der Waals surface area (Å²) in [5, 5.41) is 21.1. The fourth-order valence-corrected chi connectivity index (χ4v) is 2.91. The van der Waals surface area contributed by atoms with Gasteiger partial charge in [0, 0.05) is 23.8 Å². The molecule has 3 N–H and O–H groups in total. The molecule has 1 aliphatic heterocycles. The quantitative estimate of drug-likeness (QED) is 0.781. The van der Waals surface area contributed by atoms with E-state index in [0.717, 1.165) is 11.3 Å². The maximum atomic E-state index is 10.4. The van der Waals surface area contributed by atoms with E-state index in [-0.39, 0.29) is 6.04 Å². The monoisotopic (exact) mass is 337 g/mol. The molecular weight excluding hydrogens is 318 g/mol. The zero-order valence-corrected chi connectivity index (χ0v) is 13.9. The number of ether oxygens (including phenoxy) is 2. The van der Waals surface area contributed by atoms with Gasteiger partial charge < -0.3 is 19.9 Å². The van der Waals surface area contributed by atoms with Gasteiger partial charge in [0.2, 0.25) is 0 Å². The third-order valence-corrected chi connectivity index (χ3v) is 4.24. The highest BCUT2D eigenvalue weighted by atomic mass is 35.5. The Labute approximate surface area is 139 Å². The molecule has 2 atom stereocenters. The number of hydrogen-bond donors (Lipinski definition) is 3. The molecule has 0 radical (unpaired) electrons. The Morgan fingerprint density at radius 3 is 2.91 bits per heavy atom. The molecule has 1 aromatic carbocycles. The Balaban J connectivity index is 1.67. The maximum Gasteiger partial charge on any atom is 0.179 e. The summed E-state index contributed by atoms with van der Waals surface area (Å²) in [4.78, 5) is 0. The van der Waals surface area contributed by atoms with E-state index >= 15 is 0 Å². The molecule has 0 amide bonds. The van der Waals surface area contributed by atoms with Gasteiger partial charge >= 0.3 is 0 Å². The van der Waals surface area contributed by atoms with Crippen molar-refractivity contribution in [1.82, 2.24) is 15.5 Å². The van der Waals surface area contributed by atoms with Crippen LogP contribution in [0.2, 0.25) is 5.02 Å². The maximum absolute atomic E-state index is 10.4. The summed E-state index contributed by atoms with van der Waals surface area (Å²) in [6, 6.07) is 3.58. The number of halogens is 1. The summed E-state index contributed by atoms with van der Waals surface area (Å²) in [7, 11) is 0. The van der Waals surface area contributed by atoms with Crippen molar-refractivity contribution in [2.75, 3.05) is 19.8 Å². The largest absolute Gasteiger partial charge is 0.486 e. The molecule has 1 aliphatic rings. The van der Waals surface area contributed by atoms with Crippen LogP contribution >= 0.6 is 11.6 Å².